The third-order valence-corrected chi connectivity index (χ3v) is 11.4. The Labute approximate surface area is 325 Å². The van der Waals surface area contributed by atoms with Gasteiger partial charge in [0.25, 0.3) is 0 Å². The van der Waals surface area contributed by atoms with Crippen molar-refractivity contribution in [2.45, 2.75) is 18.6 Å². The van der Waals surface area contributed by atoms with Crippen molar-refractivity contribution in [3.8, 4) is 22.5 Å². The quantitative estimate of drug-likeness (QED) is 0.165. The lowest BCUT2D eigenvalue weighted by atomic mass is 9.90. The topological polar surface area (TPSA) is 61.9 Å². The maximum atomic E-state index is 5.22. The van der Waals surface area contributed by atoms with E-state index in [0.717, 1.165) is 73.4 Å². The highest BCUT2D eigenvalue weighted by molar-refractivity contribution is 5.97. The Morgan fingerprint density at radius 1 is 0.589 bits per heavy atom. The second kappa shape index (κ2) is 13.3. The van der Waals surface area contributed by atoms with Crippen molar-refractivity contribution in [2.24, 2.45) is 0 Å². The summed E-state index contributed by atoms with van der Waals surface area (Å²) < 4.78 is 0. The highest BCUT2D eigenvalue weighted by Gasteiger charge is 2.21. The van der Waals surface area contributed by atoms with E-state index in [1.54, 1.807) is 0 Å². The molecule has 0 saturated heterocycles. The largest absolute Gasteiger partial charge is 0.387 e. The van der Waals surface area contributed by atoms with Gasteiger partial charge in [0.2, 0.25) is 0 Å². The zero-order chi connectivity index (χ0) is 37.0. The molecule has 4 aliphatic rings. The highest BCUT2D eigenvalue weighted by Crippen LogP contribution is 2.37. The first-order chi connectivity index (χ1) is 27.7. The molecule has 5 heteroatoms. The predicted molar refractivity (Wildman–Crippen MR) is 232 cm³/mol. The van der Waals surface area contributed by atoms with Crippen molar-refractivity contribution in [1.82, 2.24) is 20.6 Å². The highest BCUT2D eigenvalue weighted by atomic mass is 14.9. The molecule has 3 aliphatic heterocycles. The van der Waals surface area contributed by atoms with Crippen molar-refractivity contribution < 1.29 is 0 Å². The van der Waals surface area contributed by atoms with Gasteiger partial charge in [-0.2, -0.15) is 0 Å². The normalized spacial score (nSPS) is 17.8. The zero-order valence-electron chi connectivity index (χ0n) is 30.6. The van der Waals surface area contributed by atoms with Crippen molar-refractivity contribution in [2.75, 3.05) is 5.32 Å². The summed E-state index contributed by atoms with van der Waals surface area (Å²) in [5, 5.41) is 13.1. The molecular formula is C51H37N5. The average Bonchev–Trinajstić information content (AvgIpc) is 3.28. The second-order valence-electron chi connectivity index (χ2n) is 14.8. The number of rotatable bonds is 5. The fraction of sp³-hybridized carbons (Fsp3) is 0.0588. The first-order valence-corrected chi connectivity index (χ1v) is 19.3. The molecule has 0 bridgehead atoms. The Hall–Kier alpha value is -7.24. The Kier molecular flexibility index (Phi) is 7.62. The van der Waals surface area contributed by atoms with E-state index in [1.165, 1.54) is 33.4 Å². The first-order valence-electron chi connectivity index (χ1n) is 19.3. The number of hydrogen-bond acceptors (Lipinski definition) is 5. The molecule has 0 amide bonds. The number of fused-ring (bicyclic) bond motifs is 6. The molecule has 3 N–H and O–H groups in total. The third-order valence-electron chi connectivity index (χ3n) is 11.4. The molecule has 2 aromatic heterocycles. The summed E-state index contributed by atoms with van der Waals surface area (Å²) >= 11 is 0. The number of anilines is 1. The van der Waals surface area contributed by atoms with Gasteiger partial charge >= 0.3 is 0 Å². The van der Waals surface area contributed by atoms with Gasteiger partial charge in [0.15, 0.2) is 0 Å². The Bertz CT molecular complexity index is 2910. The van der Waals surface area contributed by atoms with Gasteiger partial charge in [-0.25, -0.2) is 9.97 Å². The van der Waals surface area contributed by atoms with E-state index in [9.17, 15) is 0 Å². The van der Waals surface area contributed by atoms with Crippen molar-refractivity contribution in [1.29, 1.82) is 0 Å². The van der Waals surface area contributed by atoms with Gasteiger partial charge < -0.3 is 16.0 Å². The summed E-state index contributed by atoms with van der Waals surface area (Å²) in [6.07, 6.45) is 19.8. The van der Waals surface area contributed by atoms with Crippen LogP contribution in [0.3, 0.4) is 0 Å². The number of pyridine rings is 2. The summed E-state index contributed by atoms with van der Waals surface area (Å²) in [5.74, 6) is 0. The van der Waals surface area contributed by atoms with Crippen LogP contribution in [0, 0.1) is 0 Å². The zero-order valence-corrected chi connectivity index (χ0v) is 30.6. The minimum Gasteiger partial charge on any atom is -0.387 e. The average molecular weight is 720 g/mol. The van der Waals surface area contributed by atoms with Crippen LogP contribution >= 0.6 is 0 Å². The smallest absolute Gasteiger partial charge is 0.0947 e. The molecule has 56 heavy (non-hydrogen) atoms. The fourth-order valence-corrected chi connectivity index (χ4v) is 8.35. The van der Waals surface area contributed by atoms with Gasteiger partial charge in [0.05, 0.1) is 40.2 Å². The van der Waals surface area contributed by atoms with Crippen LogP contribution in [-0.2, 0) is 6.54 Å². The van der Waals surface area contributed by atoms with E-state index < -0.39 is 0 Å². The summed E-state index contributed by atoms with van der Waals surface area (Å²) in [7, 11) is 0. The summed E-state index contributed by atoms with van der Waals surface area (Å²) in [4.78, 5) is 10.4. The maximum Gasteiger partial charge on any atom is 0.0947 e. The van der Waals surface area contributed by atoms with Gasteiger partial charge in [0.1, 0.15) is 0 Å². The molecule has 266 valence electrons. The minimum absolute atomic E-state index is 0.0653. The predicted octanol–water partition coefficient (Wildman–Crippen LogP) is 11.3. The molecule has 0 saturated carbocycles. The molecule has 7 aromatic rings. The molecular weight excluding hydrogens is 683 g/mol. The molecule has 5 aromatic carbocycles. The van der Waals surface area contributed by atoms with E-state index in [0.29, 0.717) is 0 Å². The van der Waals surface area contributed by atoms with E-state index >= 15 is 0 Å². The molecule has 2 unspecified atom stereocenters. The molecule has 11 rings (SSSR count). The van der Waals surface area contributed by atoms with Crippen LogP contribution in [0.2, 0.25) is 0 Å². The lowest BCUT2D eigenvalue weighted by molar-refractivity contribution is 0.815. The number of allylic oxidation sites excluding steroid dienone is 4. The van der Waals surface area contributed by atoms with E-state index in [-0.39, 0.29) is 12.1 Å². The van der Waals surface area contributed by atoms with Crippen molar-refractivity contribution >= 4 is 50.9 Å². The second-order valence-corrected chi connectivity index (χ2v) is 14.8. The van der Waals surface area contributed by atoms with Crippen LogP contribution in [0.1, 0.15) is 39.4 Å². The Balaban J connectivity index is 0.840. The van der Waals surface area contributed by atoms with Gasteiger partial charge in [-0.05, 0) is 81.1 Å². The van der Waals surface area contributed by atoms with E-state index in [2.05, 4.69) is 192 Å². The van der Waals surface area contributed by atoms with Crippen LogP contribution in [0.15, 0.2) is 176 Å². The summed E-state index contributed by atoms with van der Waals surface area (Å²) in [6.45, 7) is 0.835. The number of aromatic nitrogens is 2. The Morgan fingerprint density at radius 3 is 2.34 bits per heavy atom. The minimum atomic E-state index is 0.0653. The summed E-state index contributed by atoms with van der Waals surface area (Å²) in [5.41, 5.74) is 18.0. The van der Waals surface area contributed by atoms with Gasteiger partial charge in [-0.15, -0.1) is 0 Å². The van der Waals surface area contributed by atoms with Crippen molar-refractivity contribution in [3.05, 3.63) is 209 Å². The monoisotopic (exact) mass is 719 g/mol. The molecule has 5 heterocycles. The molecule has 0 spiro atoms. The van der Waals surface area contributed by atoms with Crippen LogP contribution in [0.5, 0.6) is 0 Å². The Morgan fingerprint density at radius 2 is 1.41 bits per heavy atom. The number of nitrogens with zero attached hydrogens (tertiary/aromatic N) is 2. The van der Waals surface area contributed by atoms with E-state index in [4.69, 9.17) is 9.97 Å². The first kappa shape index (κ1) is 32.2. The lowest BCUT2D eigenvalue weighted by Gasteiger charge is -2.27. The molecule has 0 radical (unpaired) electrons. The van der Waals surface area contributed by atoms with Crippen LogP contribution in [0.25, 0.3) is 67.7 Å². The number of benzene rings is 5. The number of nitrogens with one attached hydrogen (secondary N) is 3. The molecule has 2 atom stereocenters. The van der Waals surface area contributed by atoms with Crippen LogP contribution in [-0.4, -0.2) is 16.0 Å². The SMILES string of the molecule is C1=Cc2c(cccc2-c2ccc3ccc(C4=CC=C5C=CC(c6ccc(-c7ccc8ccc9c(c8n7)NC(c7ccccc7)C=C9)cc6)=CC5N4)cc3n2)CN1. The fourth-order valence-electron chi connectivity index (χ4n) is 8.35. The number of hydrogen-bond donors (Lipinski definition) is 3. The third kappa shape index (κ3) is 5.73. The lowest BCUT2D eigenvalue weighted by Crippen LogP contribution is -2.30. The van der Waals surface area contributed by atoms with Gasteiger partial charge in [-0.1, -0.05) is 146 Å². The van der Waals surface area contributed by atoms with Crippen molar-refractivity contribution in [3.63, 3.8) is 0 Å². The van der Waals surface area contributed by atoms with E-state index in [1.807, 2.05) is 6.20 Å². The molecule has 5 nitrogen and oxygen atoms in total. The van der Waals surface area contributed by atoms with Crippen LogP contribution in [0.4, 0.5) is 5.69 Å². The number of dihydropyridines is 1. The summed E-state index contributed by atoms with van der Waals surface area (Å²) in [6, 6.07) is 45.5. The standard InChI is InChI=1S/C51H37N5/c1-2-5-33(6-3-1)44-24-21-37-15-16-38-22-25-45(56-51(38)50(37)55-44)34-11-9-32(10-12-34)39-17-13-35-19-23-46(53-48(35)29-39)40-18-14-36-20-26-47(54-49(36)30-40)43-8-4-7-41-31-52-28-27-42(41)43/h1-30,44,48,52-53,55H,31H2. The molecule has 0 fully saturated rings. The van der Waals surface area contributed by atoms with Gasteiger partial charge in [-0.3, -0.25) is 0 Å². The maximum absolute atomic E-state index is 5.22. The molecule has 1 aliphatic carbocycles. The van der Waals surface area contributed by atoms with Crippen LogP contribution < -0.4 is 16.0 Å². The van der Waals surface area contributed by atoms with Gasteiger partial charge in [0, 0.05) is 34.1 Å².